The Balaban J connectivity index is 5.26. The highest BCUT2D eigenvalue weighted by atomic mass is 31.2. The molecule has 3 N–H and O–H groups in total. The molecule has 19 heteroatoms. The summed E-state index contributed by atoms with van der Waals surface area (Å²) >= 11 is 0. The summed E-state index contributed by atoms with van der Waals surface area (Å²) in [5.41, 5.74) is 0. The Kier molecular flexibility index (Phi) is 56.6. The molecule has 0 saturated carbocycles. The van der Waals surface area contributed by atoms with Crippen LogP contribution < -0.4 is 0 Å². The van der Waals surface area contributed by atoms with Crippen LogP contribution >= 0.6 is 15.6 Å². The molecule has 6 atom stereocenters. The maximum atomic E-state index is 13.0. The fraction of sp³-hybridized carbons (Fsp3) is 0.941. The number of aliphatic hydroxyl groups is 1. The predicted octanol–water partition coefficient (Wildman–Crippen LogP) is 18.9. The van der Waals surface area contributed by atoms with Gasteiger partial charge in [-0.1, -0.05) is 280 Å². The van der Waals surface area contributed by atoms with Crippen molar-refractivity contribution in [3.8, 4) is 0 Å². The third-order valence-corrected chi connectivity index (χ3v) is 17.8. The van der Waals surface area contributed by atoms with Gasteiger partial charge in [0, 0.05) is 25.7 Å². The van der Waals surface area contributed by atoms with Gasteiger partial charge in [0.1, 0.15) is 19.3 Å². The highest BCUT2D eigenvalue weighted by Crippen LogP contribution is 2.45. The van der Waals surface area contributed by atoms with E-state index in [0.29, 0.717) is 25.7 Å². The first-order valence-corrected chi connectivity index (χ1v) is 38.2. The second kappa shape index (κ2) is 57.9. The minimum absolute atomic E-state index is 0.104. The molecule has 0 aromatic rings. The van der Waals surface area contributed by atoms with Crippen LogP contribution in [-0.4, -0.2) is 96.7 Å². The second-order valence-electron chi connectivity index (χ2n) is 26.2. The molecular weight excluding hydrogens is 1150 g/mol. The van der Waals surface area contributed by atoms with Crippen molar-refractivity contribution in [1.82, 2.24) is 0 Å². The number of carbonyl (C=O) groups is 4. The first-order chi connectivity index (χ1) is 41.6. The van der Waals surface area contributed by atoms with Crippen LogP contribution in [0.4, 0.5) is 0 Å². The summed E-state index contributed by atoms with van der Waals surface area (Å²) in [6.07, 6.45) is 38.9. The molecule has 0 aromatic carbocycles. The van der Waals surface area contributed by atoms with E-state index in [9.17, 15) is 43.2 Å². The summed E-state index contributed by atoms with van der Waals surface area (Å²) in [5.74, 6) is 0.838. The van der Waals surface area contributed by atoms with Crippen molar-refractivity contribution in [3.63, 3.8) is 0 Å². The van der Waals surface area contributed by atoms with Gasteiger partial charge in [0.2, 0.25) is 0 Å². The fourth-order valence-corrected chi connectivity index (χ4v) is 11.7. The number of esters is 4. The highest BCUT2D eigenvalue weighted by Gasteiger charge is 2.30. The minimum atomic E-state index is -4.95. The van der Waals surface area contributed by atoms with Crippen molar-refractivity contribution in [3.05, 3.63) is 0 Å². The maximum Gasteiger partial charge on any atom is 0.472 e. The molecular formula is C68H132O17P2. The summed E-state index contributed by atoms with van der Waals surface area (Å²) < 4.78 is 68.2. The molecule has 0 spiro atoms. The molecule has 0 heterocycles. The van der Waals surface area contributed by atoms with Gasteiger partial charge in [0.05, 0.1) is 26.4 Å². The lowest BCUT2D eigenvalue weighted by Gasteiger charge is -2.21. The van der Waals surface area contributed by atoms with Crippen LogP contribution in [0.3, 0.4) is 0 Å². The number of ether oxygens (including phenoxy) is 4. The zero-order chi connectivity index (χ0) is 64.7. The molecule has 0 saturated heterocycles. The Hall–Kier alpha value is -1.94. The van der Waals surface area contributed by atoms with E-state index in [4.69, 9.17) is 37.0 Å². The van der Waals surface area contributed by atoms with Crippen LogP contribution in [0, 0.1) is 23.7 Å². The summed E-state index contributed by atoms with van der Waals surface area (Å²) in [4.78, 5) is 72.4. The molecule has 516 valence electrons. The number of unbranched alkanes of at least 4 members (excludes halogenated alkanes) is 30. The summed E-state index contributed by atoms with van der Waals surface area (Å²) in [5, 5.41) is 10.6. The van der Waals surface area contributed by atoms with Gasteiger partial charge in [-0.05, 0) is 49.4 Å². The van der Waals surface area contributed by atoms with Crippen LogP contribution in [0.1, 0.15) is 331 Å². The molecule has 0 aliphatic rings. The Morgan fingerprint density at radius 1 is 0.322 bits per heavy atom. The zero-order valence-electron chi connectivity index (χ0n) is 56.6. The normalized spacial score (nSPS) is 14.6. The van der Waals surface area contributed by atoms with Crippen molar-refractivity contribution >= 4 is 39.5 Å². The Bertz CT molecular complexity index is 1730. The predicted molar refractivity (Wildman–Crippen MR) is 349 cm³/mol. The highest BCUT2D eigenvalue weighted by molar-refractivity contribution is 7.47. The van der Waals surface area contributed by atoms with E-state index in [1.165, 1.54) is 135 Å². The number of phosphoric ester groups is 2. The first kappa shape index (κ1) is 85.1. The van der Waals surface area contributed by atoms with E-state index in [2.05, 4.69) is 55.4 Å². The smallest absolute Gasteiger partial charge is 0.462 e. The van der Waals surface area contributed by atoms with Crippen LogP contribution in [0.15, 0.2) is 0 Å². The van der Waals surface area contributed by atoms with E-state index in [-0.39, 0.29) is 25.7 Å². The van der Waals surface area contributed by atoms with Gasteiger partial charge in [0.15, 0.2) is 12.2 Å². The third kappa shape index (κ3) is 61.3. The Labute approximate surface area is 530 Å². The standard InChI is InChI=1S/C68H132O17P2/c1-9-61(8)47-39-31-23-16-19-27-35-43-51-68(73)85-64(55-79-66(71)49-41-33-25-17-14-21-29-37-45-59(4)5)57-83-87(76,77)81-53-62(69)52-80-86(74,75)82-56-63(84-67(72)50-42-34-26-18-15-22-30-38-46-60(6)7)54-78-65(70)48-40-32-24-13-11-10-12-20-28-36-44-58(2)3/h58-64,69H,9-57H2,1-8H3,(H,74,75)(H,76,77)/t61?,62?,63-,64-/m1/s1. The van der Waals surface area contributed by atoms with Gasteiger partial charge < -0.3 is 33.8 Å². The van der Waals surface area contributed by atoms with Gasteiger partial charge >= 0.3 is 39.5 Å². The van der Waals surface area contributed by atoms with E-state index >= 15 is 0 Å². The summed E-state index contributed by atoms with van der Waals surface area (Å²) in [6.45, 7) is 14.0. The quantitative estimate of drug-likeness (QED) is 0.0222. The Morgan fingerprint density at radius 3 is 0.816 bits per heavy atom. The molecule has 0 amide bonds. The lowest BCUT2D eigenvalue weighted by molar-refractivity contribution is -0.161. The van der Waals surface area contributed by atoms with Gasteiger partial charge in [0.25, 0.3) is 0 Å². The second-order valence-corrected chi connectivity index (χ2v) is 29.1. The average Bonchev–Trinajstić information content (AvgIpc) is 3.63. The topological polar surface area (TPSA) is 237 Å². The number of hydrogen-bond donors (Lipinski definition) is 3. The van der Waals surface area contributed by atoms with Gasteiger partial charge in [-0.3, -0.25) is 37.3 Å². The van der Waals surface area contributed by atoms with Crippen LogP contribution in [0.25, 0.3) is 0 Å². The molecule has 4 unspecified atom stereocenters. The lowest BCUT2D eigenvalue weighted by atomic mass is 9.99. The maximum absolute atomic E-state index is 13.0. The third-order valence-electron chi connectivity index (χ3n) is 15.9. The lowest BCUT2D eigenvalue weighted by Crippen LogP contribution is -2.30. The molecule has 0 rings (SSSR count). The number of phosphoric acid groups is 2. The van der Waals surface area contributed by atoms with E-state index < -0.39 is 97.5 Å². The van der Waals surface area contributed by atoms with E-state index in [1.807, 2.05) is 0 Å². The van der Waals surface area contributed by atoms with Crippen LogP contribution in [0.2, 0.25) is 0 Å². The number of carbonyl (C=O) groups excluding carboxylic acids is 4. The number of rotatable bonds is 65. The minimum Gasteiger partial charge on any atom is -0.462 e. The fourth-order valence-electron chi connectivity index (χ4n) is 10.1. The van der Waals surface area contributed by atoms with E-state index in [1.54, 1.807) is 0 Å². The molecule has 0 bridgehead atoms. The largest absolute Gasteiger partial charge is 0.472 e. The van der Waals surface area contributed by atoms with Crippen molar-refractivity contribution in [2.75, 3.05) is 39.6 Å². The average molecular weight is 1280 g/mol. The summed E-state index contributed by atoms with van der Waals surface area (Å²) in [7, 11) is -9.90. The molecule has 0 aromatic heterocycles. The molecule has 17 nitrogen and oxygen atoms in total. The zero-order valence-corrected chi connectivity index (χ0v) is 58.4. The SMILES string of the molecule is CCC(C)CCCCCCCCCCC(=O)O[C@H](COC(=O)CCCCCCCCCCC(C)C)COP(=O)(O)OCC(O)COP(=O)(O)OC[C@@H](COC(=O)CCCCCCCCCCCCC(C)C)OC(=O)CCCCCCCCCCC(C)C. The van der Waals surface area contributed by atoms with E-state index in [0.717, 1.165) is 114 Å². The van der Waals surface area contributed by atoms with Crippen molar-refractivity contribution in [2.24, 2.45) is 23.7 Å². The molecule has 0 aliphatic heterocycles. The van der Waals surface area contributed by atoms with Crippen LogP contribution in [-0.2, 0) is 65.4 Å². The summed E-state index contributed by atoms with van der Waals surface area (Å²) in [6, 6.07) is 0. The van der Waals surface area contributed by atoms with Crippen LogP contribution in [0.5, 0.6) is 0 Å². The Morgan fingerprint density at radius 2 is 0.552 bits per heavy atom. The first-order valence-electron chi connectivity index (χ1n) is 35.2. The van der Waals surface area contributed by atoms with Gasteiger partial charge in [-0.15, -0.1) is 0 Å². The van der Waals surface area contributed by atoms with Gasteiger partial charge in [-0.2, -0.15) is 0 Å². The molecule has 0 fully saturated rings. The van der Waals surface area contributed by atoms with Gasteiger partial charge in [-0.25, -0.2) is 9.13 Å². The molecule has 87 heavy (non-hydrogen) atoms. The monoisotopic (exact) mass is 1280 g/mol. The van der Waals surface area contributed by atoms with Crippen molar-refractivity contribution < 1.29 is 80.2 Å². The molecule has 0 aliphatic carbocycles. The van der Waals surface area contributed by atoms with Crippen molar-refractivity contribution in [2.45, 2.75) is 350 Å². The van der Waals surface area contributed by atoms with Crippen molar-refractivity contribution in [1.29, 1.82) is 0 Å². The number of hydrogen-bond acceptors (Lipinski definition) is 15. The number of aliphatic hydroxyl groups excluding tert-OH is 1. The molecule has 0 radical (unpaired) electrons.